The molecule has 0 N–H and O–H groups in total. The van der Waals surface area contributed by atoms with Gasteiger partial charge in [0.25, 0.3) is 0 Å². The number of hydrogen-bond acceptors (Lipinski definition) is 0. The Hall–Kier alpha value is -0.0700. The molecule has 0 bridgehead atoms. The molecule has 1 saturated carbocycles. The first-order valence-corrected chi connectivity index (χ1v) is 2.79. The molecule has 1 fully saturated rings. The highest BCUT2D eigenvalue weighted by molar-refractivity contribution is 4.86. The summed E-state index contributed by atoms with van der Waals surface area (Å²) in [5, 5.41) is 0. The maximum Gasteiger partial charge on any atom is 0.145 e. The van der Waals surface area contributed by atoms with E-state index in [0.717, 1.165) is 19.3 Å². The van der Waals surface area contributed by atoms with Crippen LogP contribution in [-0.2, 0) is 0 Å². The van der Waals surface area contributed by atoms with Crippen LogP contribution in [-0.4, -0.2) is 0 Å². The molecular weight excluding hydrogens is 91.1 g/mol. The average molecular weight is 101 g/mol. The minimum absolute atomic E-state index is 0.201. The summed E-state index contributed by atoms with van der Waals surface area (Å²) in [7, 11) is 0. The standard InChI is InChI=1S/C6H10F/c1-5-2-3-6(7)4-5/h5H,2-4H2,1H3. The van der Waals surface area contributed by atoms with E-state index in [0.29, 0.717) is 5.92 Å². The van der Waals surface area contributed by atoms with E-state index in [1.807, 2.05) is 0 Å². The van der Waals surface area contributed by atoms with Crippen molar-refractivity contribution in [2.75, 3.05) is 0 Å². The Balaban J connectivity index is 2.26. The third-order valence-corrected chi connectivity index (χ3v) is 1.48. The predicted octanol–water partition coefficient (Wildman–Crippen LogP) is 2.31. The first-order chi connectivity index (χ1) is 3.29. The van der Waals surface area contributed by atoms with E-state index in [4.69, 9.17) is 0 Å². The summed E-state index contributed by atoms with van der Waals surface area (Å²) in [6.45, 7) is 2.09. The van der Waals surface area contributed by atoms with E-state index >= 15 is 0 Å². The molecule has 7 heavy (non-hydrogen) atoms. The van der Waals surface area contributed by atoms with Gasteiger partial charge in [-0.3, -0.25) is 0 Å². The van der Waals surface area contributed by atoms with Crippen LogP contribution in [0.2, 0.25) is 0 Å². The maximum atomic E-state index is 12.1. The topological polar surface area (TPSA) is 0 Å². The highest BCUT2D eigenvalue weighted by Gasteiger charge is 2.20. The van der Waals surface area contributed by atoms with Gasteiger partial charge in [-0.2, -0.15) is 0 Å². The molecule has 0 aromatic heterocycles. The number of halogens is 1. The van der Waals surface area contributed by atoms with Crippen molar-refractivity contribution in [1.29, 1.82) is 0 Å². The fraction of sp³-hybridized carbons (Fsp3) is 0.833. The van der Waals surface area contributed by atoms with Gasteiger partial charge in [0.2, 0.25) is 0 Å². The zero-order valence-electron chi connectivity index (χ0n) is 4.58. The quantitative estimate of drug-likeness (QED) is 0.439. The van der Waals surface area contributed by atoms with E-state index in [1.165, 1.54) is 0 Å². The molecule has 0 nitrogen and oxygen atoms in total. The molecule has 41 valence electrons. The van der Waals surface area contributed by atoms with Crippen LogP contribution in [0.4, 0.5) is 4.39 Å². The maximum absolute atomic E-state index is 12.1. The fourth-order valence-electron chi connectivity index (χ4n) is 0.985. The van der Waals surface area contributed by atoms with Gasteiger partial charge in [-0.25, -0.2) is 4.39 Å². The van der Waals surface area contributed by atoms with Gasteiger partial charge in [0.05, 0.1) is 0 Å². The van der Waals surface area contributed by atoms with Crippen LogP contribution < -0.4 is 0 Å². The van der Waals surface area contributed by atoms with Crippen LogP contribution in [0.15, 0.2) is 0 Å². The minimum atomic E-state index is 0.201. The summed E-state index contributed by atoms with van der Waals surface area (Å²) in [5.74, 6) is 0.611. The molecule has 0 spiro atoms. The van der Waals surface area contributed by atoms with Gasteiger partial charge in [0.1, 0.15) is 6.17 Å². The average Bonchev–Trinajstić information content (AvgIpc) is 1.87. The third kappa shape index (κ3) is 1.15. The summed E-state index contributed by atoms with van der Waals surface area (Å²) in [4.78, 5) is 0. The van der Waals surface area contributed by atoms with Crippen molar-refractivity contribution in [2.24, 2.45) is 5.92 Å². The Morgan fingerprint density at radius 1 is 1.71 bits per heavy atom. The lowest BCUT2D eigenvalue weighted by atomic mass is 10.1. The van der Waals surface area contributed by atoms with Crippen molar-refractivity contribution in [2.45, 2.75) is 26.2 Å². The summed E-state index contributed by atoms with van der Waals surface area (Å²) >= 11 is 0. The van der Waals surface area contributed by atoms with E-state index in [9.17, 15) is 4.39 Å². The van der Waals surface area contributed by atoms with Gasteiger partial charge < -0.3 is 0 Å². The Kier molecular flexibility index (Phi) is 1.31. The van der Waals surface area contributed by atoms with Gasteiger partial charge in [-0.15, -0.1) is 0 Å². The van der Waals surface area contributed by atoms with E-state index in [-0.39, 0.29) is 6.17 Å². The predicted molar refractivity (Wildman–Crippen MR) is 27.4 cm³/mol. The van der Waals surface area contributed by atoms with Crippen molar-refractivity contribution in [1.82, 2.24) is 0 Å². The Labute approximate surface area is 43.7 Å². The van der Waals surface area contributed by atoms with Crippen LogP contribution in [0.3, 0.4) is 0 Å². The molecule has 1 unspecified atom stereocenters. The molecule has 1 aliphatic rings. The zero-order valence-corrected chi connectivity index (χ0v) is 4.58. The normalized spacial score (nSPS) is 34.3. The largest absolute Gasteiger partial charge is 0.240 e. The molecule has 0 saturated heterocycles. The van der Waals surface area contributed by atoms with Crippen molar-refractivity contribution in [3.05, 3.63) is 6.17 Å². The molecule has 1 atom stereocenters. The molecule has 1 aliphatic carbocycles. The van der Waals surface area contributed by atoms with Crippen molar-refractivity contribution < 1.29 is 4.39 Å². The highest BCUT2D eigenvalue weighted by Crippen LogP contribution is 2.32. The smallest absolute Gasteiger partial charge is 0.145 e. The minimum Gasteiger partial charge on any atom is -0.240 e. The highest BCUT2D eigenvalue weighted by atomic mass is 19.1. The molecule has 0 aromatic rings. The molecule has 0 heterocycles. The van der Waals surface area contributed by atoms with Gasteiger partial charge in [0, 0.05) is 0 Å². The van der Waals surface area contributed by atoms with Gasteiger partial charge >= 0.3 is 0 Å². The van der Waals surface area contributed by atoms with E-state index < -0.39 is 0 Å². The van der Waals surface area contributed by atoms with Crippen LogP contribution in [0.1, 0.15) is 26.2 Å². The summed E-state index contributed by atoms with van der Waals surface area (Å²) in [5.41, 5.74) is 0. The molecule has 0 aromatic carbocycles. The monoisotopic (exact) mass is 101 g/mol. The van der Waals surface area contributed by atoms with Crippen molar-refractivity contribution in [3.8, 4) is 0 Å². The number of rotatable bonds is 0. The number of hydrogen-bond donors (Lipinski definition) is 0. The Bertz CT molecular complexity index is 53.2. The lowest BCUT2D eigenvalue weighted by Crippen LogP contribution is -1.81. The second-order valence-electron chi connectivity index (χ2n) is 2.37. The van der Waals surface area contributed by atoms with Crippen LogP contribution in [0.5, 0.6) is 0 Å². The Morgan fingerprint density at radius 3 is 2.57 bits per heavy atom. The lowest BCUT2D eigenvalue weighted by Gasteiger charge is -1.92. The zero-order chi connectivity index (χ0) is 5.28. The van der Waals surface area contributed by atoms with Gasteiger partial charge in [-0.05, 0) is 25.2 Å². The van der Waals surface area contributed by atoms with Gasteiger partial charge in [-0.1, -0.05) is 6.92 Å². The SMILES string of the molecule is CC1CC[C](F)C1. The van der Waals surface area contributed by atoms with Crippen LogP contribution >= 0.6 is 0 Å². The van der Waals surface area contributed by atoms with Crippen molar-refractivity contribution in [3.63, 3.8) is 0 Å². The second-order valence-corrected chi connectivity index (χ2v) is 2.37. The first kappa shape index (κ1) is 5.07. The Morgan fingerprint density at radius 2 is 2.43 bits per heavy atom. The summed E-state index contributed by atoms with van der Waals surface area (Å²) < 4.78 is 12.1. The molecule has 0 amide bonds. The summed E-state index contributed by atoms with van der Waals surface area (Å²) in [6.07, 6.45) is 2.71. The van der Waals surface area contributed by atoms with Crippen LogP contribution in [0, 0.1) is 12.1 Å². The lowest BCUT2D eigenvalue weighted by molar-refractivity contribution is 0.465. The first-order valence-electron chi connectivity index (χ1n) is 2.79. The van der Waals surface area contributed by atoms with Crippen molar-refractivity contribution >= 4 is 0 Å². The molecule has 1 rings (SSSR count). The molecule has 1 heteroatoms. The fourth-order valence-corrected chi connectivity index (χ4v) is 0.985. The van der Waals surface area contributed by atoms with E-state index in [2.05, 4.69) is 6.92 Å². The molecule has 1 radical (unpaired) electrons. The van der Waals surface area contributed by atoms with Gasteiger partial charge in [0.15, 0.2) is 0 Å². The van der Waals surface area contributed by atoms with E-state index in [1.54, 1.807) is 0 Å². The second kappa shape index (κ2) is 1.81. The van der Waals surface area contributed by atoms with Crippen LogP contribution in [0.25, 0.3) is 0 Å². The molecular formula is C6H10F. The molecule has 0 aliphatic heterocycles. The summed E-state index contributed by atoms with van der Waals surface area (Å²) in [6, 6.07) is 0. The third-order valence-electron chi connectivity index (χ3n) is 1.48.